The summed E-state index contributed by atoms with van der Waals surface area (Å²) >= 11 is 0. The van der Waals surface area contributed by atoms with Crippen LogP contribution in [0.4, 0.5) is 5.69 Å². The normalized spacial score (nSPS) is 39.7. The Balaban J connectivity index is 1.19. The summed E-state index contributed by atoms with van der Waals surface area (Å²) in [6.45, 7) is 6.46. The molecule has 1 aromatic carbocycles. The molecule has 0 spiro atoms. The first kappa shape index (κ1) is 31.4. The lowest BCUT2D eigenvalue weighted by Crippen LogP contribution is -2.58. The van der Waals surface area contributed by atoms with Gasteiger partial charge in [-0.15, -0.1) is 0 Å². The Hall–Kier alpha value is -2.07. The van der Waals surface area contributed by atoms with Gasteiger partial charge in [0.25, 0.3) is 5.69 Å². The highest BCUT2D eigenvalue weighted by Crippen LogP contribution is 2.68. The number of carbonyl (C=O) groups is 1. The van der Waals surface area contributed by atoms with E-state index in [0.29, 0.717) is 41.6 Å². The number of benzene rings is 1. The number of non-ortho nitro benzene ring substituents is 1. The van der Waals surface area contributed by atoms with Crippen molar-refractivity contribution in [3.05, 3.63) is 39.9 Å². The molecule has 12 atom stereocenters. The van der Waals surface area contributed by atoms with Crippen LogP contribution in [-0.4, -0.2) is 56.1 Å². The van der Waals surface area contributed by atoms with Crippen LogP contribution in [-0.2, 0) is 4.79 Å². The average molecular weight is 587 g/mol. The molecule has 0 radical (unpaired) electrons. The second-order valence-corrected chi connectivity index (χ2v) is 14.6. The van der Waals surface area contributed by atoms with Gasteiger partial charge < -0.3 is 25.7 Å². The number of rotatable bonds is 9. The van der Waals surface area contributed by atoms with Gasteiger partial charge in [-0.1, -0.05) is 20.8 Å². The number of aliphatic hydroxyl groups excluding tert-OH is 4. The number of nitrogens with one attached hydrogen (secondary N) is 1. The van der Waals surface area contributed by atoms with Crippen LogP contribution in [0.5, 0.6) is 0 Å². The molecule has 1 aromatic rings. The van der Waals surface area contributed by atoms with E-state index in [2.05, 4.69) is 26.1 Å². The van der Waals surface area contributed by atoms with Crippen LogP contribution >= 0.6 is 0 Å². The summed E-state index contributed by atoms with van der Waals surface area (Å²) in [5, 5.41) is 56.4. The predicted octanol–water partition coefficient (Wildman–Crippen LogP) is 4.51. The molecule has 0 aliphatic heterocycles. The van der Waals surface area contributed by atoms with Crippen molar-refractivity contribution in [3.63, 3.8) is 0 Å². The molecule has 0 aromatic heterocycles. The van der Waals surface area contributed by atoms with E-state index in [1.54, 1.807) is 0 Å². The van der Waals surface area contributed by atoms with Gasteiger partial charge in [0.2, 0.25) is 5.91 Å². The van der Waals surface area contributed by atoms with Gasteiger partial charge in [-0.2, -0.15) is 0 Å². The number of amides is 1. The standard InChI is InChI=1S/C33H50N2O7/c1-19(4-13-30(39)34-28(18-36)31(40)20-5-8-22(9-6-20)35(41)42)25-11-12-26-24-10-7-21-16-23(37)14-15-32(21,2)27(24)17-29(38)33(25,26)3/h5-6,8-9,19,21,23-29,31,36-38,40H,4,7,10-18H2,1-3H3,(H,34,39)/t19-,21-,23-,24+,25-,26+,27+,28+,29+,31+,32+,33-/m1/s1. The molecule has 4 saturated carbocycles. The van der Waals surface area contributed by atoms with E-state index in [1.807, 2.05) is 0 Å². The minimum Gasteiger partial charge on any atom is -0.394 e. The molecule has 5 N–H and O–H groups in total. The molecule has 4 fully saturated rings. The van der Waals surface area contributed by atoms with E-state index in [1.165, 1.54) is 37.1 Å². The molecule has 9 nitrogen and oxygen atoms in total. The summed E-state index contributed by atoms with van der Waals surface area (Å²) < 4.78 is 0. The Morgan fingerprint density at radius 2 is 1.79 bits per heavy atom. The number of fused-ring (bicyclic) bond motifs is 5. The largest absolute Gasteiger partial charge is 0.394 e. The first-order chi connectivity index (χ1) is 19.9. The van der Waals surface area contributed by atoms with Crippen molar-refractivity contribution >= 4 is 11.6 Å². The van der Waals surface area contributed by atoms with Crippen molar-refractivity contribution in [3.8, 4) is 0 Å². The Kier molecular flexibility index (Phi) is 9.06. The molecule has 0 unspecified atom stereocenters. The van der Waals surface area contributed by atoms with Gasteiger partial charge in [-0.05, 0) is 122 Å². The number of nitro groups is 1. The molecule has 42 heavy (non-hydrogen) atoms. The molecule has 0 heterocycles. The number of carbonyl (C=O) groups excluding carboxylic acids is 1. The van der Waals surface area contributed by atoms with Gasteiger partial charge in [-0.25, -0.2) is 0 Å². The van der Waals surface area contributed by atoms with Gasteiger partial charge in [0.15, 0.2) is 0 Å². The summed E-state index contributed by atoms with van der Waals surface area (Å²) in [4.78, 5) is 23.3. The molecule has 9 heteroatoms. The highest BCUT2D eigenvalue weighted by molar-refractivity contribution is 5.76. The fraction of sp³-hybridized carbons (Fsp3) is 0.788. The van der Waals surface area contributed by atoms with Crippen LogP contribution < -0.4 is 5.32 Å². The Bertz CT molecular complexity index is 1130. The third kappa shape index (κ3) is 5.51. The maximum Gasteiger partial charge on any atom is 0.269 e. The van der Waals surface area contributed by atoms with E-state index in [0.717, 1.165) is 38.5 Å². The van der Waals surface area contributed by atoms with E-state index < -0.39 is 23.7 Å². The van der Waals surface area contributed by atoms with E-state index in [-0.39, 0.29) is 47.0 Å². The number of nitrogens with zero attached hydrogens (tertiary/aromatic N) is 1. The lowest BCUT2D eigenvalue weighted by Gasteiger charge is -2.62. The molecule has 4 aliphatic rings. The summed E-state index contributed by atoms with van der Waals surface area (Å²) in [6.07, 6.45) is 7.38. The third-order valence-electron chi connectivity index (χ3n) is 12.7. The topological polar surface area (TPSA) is 153 Å². The SMILES string of the molecule is C[C@H](CCC(=O)N[C@@H](CO)[C@@H](O)c1ccc([N+](=O)[O-])cc1)[C@H]1CC[C@H]2[C@@H]3CC[C@@H]4C[C@H](O)CC[C@]4(C)[C@H]3C[C@H](O)[C@]12C. The summed E-state index contributed by atoms with van der Waals surface area (Å²) in [5.41, 5.74) is 0.319. The first-order valence-corrected chi connectivity index (χ1v) is 16.1. The Morgan fingerprint density at radius 1 is 1.07 bits per heavy atom. The van der Waals surface area contributed by atoms with Crippen LogP contribution in [0.1, 0.15) is 96.6 Å². The predicted molar refractivity (Wildman–Crippen MR) is 158 cm³/mol. The second kappa shape index (κ2) is 12.1. The Labute approximate surface area is 249 Å². The van der Waals surface area contributed by atoms with Crippen LogP contribution in [0.25, 0.3) is 0 Å². The van der Waals surface area contributed by atoms with Gasteiger partial charge in [0, 0.05) is 18.6 Å². The van der Waals surface area contributed by atoms with Gasteiger partial charge in [0.05, 0.1) is 29.8 Å². The van der Waals surface area contributed by atoms with Crippen LogP contribution in [0.2, 0.25) is 0 Å². The molecule has 4 aliphatic carbocycles. The molecular weight excluding hydrogens is 536 g/mol. The van der Waals surface area contributed by atoms with E-state index in [9.17, 15) is 35.3 Å². The second-order valence-electron chi connectivity index (χ2n) is 14.6. The van der Waals surface area contributed by atoms with Crippen molar-refractivity contribution < 1.29 is 30.1 Å². The molecule has 5 rings (SSSR count). The van der Waals surface area contributed by atoms with Gasteiger partial charge >= 0.3 is 0 Å². The maximum absolute atomic E-state index is 12.9. The van der Waals surface area contributed by atoms with Gasteiger partial charge in [0.1, 0.15) is 6.10 Å². The fourth-order valence-corrected chi connectivity index (χ4v) is 10.2. The van der Waals surface area contributed by atoms with Crippen molar-refractivity contribution in [1.29, 1.82) is 0 Å². The lowest BCUT2D eigenvalue weighted by molar-refractivity contribution is -0.384. The van der Waals surface area contributed by atoms with Crippen molar-refractivity contribution in [2.75, 3.05) is 6.61 Å². The lowest BCUT2D eigenvalue weighted by atomic mass is 9.43. The highest BCUT2D eigenvalue weighted by Gasteiger charge is 2.63. The Morgan fingerprint density at radius 3 is 2.45 bits per heavy atom. The molecule has 0 bridgehead atoms. The van der Waals surface area contributed by atoms with Gasteiger partial charge in [-0.3, -0.25) is 14.9 Å². The fourth-order valence-electron chi connectivity index (χ4n) is 10.2. The number of aliphatic hydroxyl groups is 4. The first-order valence-electron chi connectivity index (χ1n) is 16.1. The van der Waals surface area contributed by atoms with Crippen molar-refractivity contribution in [2.45, 2.75) is 109 Å². The molecule has 1 amide bonds. The average Bonchev–Trinajstić information content (AvgIpc) is 3.34. The third-order valence-corrected chi connectivity index (χ3v) is 12.7. The van der Waals surface area contributed by atoms with E-state index in [4.69, 9.17) is 0 Å². The zero-order valence-corrected chi connectivity index (χ0v) is 25.3. The zero-order chi connectivity index (χ0) is 30.4. The number of hydrogen-bond acceptors (Lipinski definition) is 7. The van der Waals surface area contributed by atoms with Crippen LogP contribution in [0, 0.1) is 56.5 Å². The minimum atomic E-state index is -1.19. The van der Waals surface area contributed by atoms with Crippen LogP contribution in [0.3, 0.4) is 0 Å². The molecule has 234 valence electrons. The summed E-state index contributed by atoms with van der Waals surface area (Å²) in [6, 6.07) is 4.53. The highest BCUT2D eigenvalue weighted by atomic mass is 16.6. The van der Waals surface area contributed by atoms with Crippen molar-refractivity contribution in [1.82, 2.24) is 5.32 Å². The quantitative estimate of drug-likeness (QED) is 0.211. The number of hydrogen-bond donors (Lipinski definition) is 5. The zero-order valence-electron chi connectivity index (χ0n) is 25.3. The van der Waals surface area contributed by atoms with Crippen LogP contribution in [0.15, 0.2) is 24.3 Å². The summed E-state index contributed by atoms with van der Waals surface area (Å²) in [5.74, 6) is 2.46. The van der Waals surface area contributed by atoms with Crippen molar-refractivity contribution in [2.24, 2.45) is 46.3 Å². The molecular formula is C33H50N2O7. The summed E-state index contributed by atoms with van der Waals surface area (Å²) in [7, 11) is 0. The maximum atomic E-state index is 12.9. The molecule has 0 saturated heterocycles. The number of nitro benzene ring substituents is 1. The van der Waals surface area contributed by atoms with E-state index >= 15 is 0 Å². The smallest absolute Gasteiger partial charge is 0.269 e. The monoisotopic (exact) mass is 586 g/mol. The minimum absolute atomic E-state index is 0.0957.